The standard InChI is InChI=1S/C13H23N2OP/c1-3-6-11(2)17(16)14-9-4-7-12(14)13-8-5-10-15(13)17/h3,11-13H,1,4-10H2,2H3/t11?,12-,13-/m0/s1. The van der Waals surface area contributed by atoms with Crippen LogP contribution in [0.2, 0.25) is 0 Å². The minimum atomic E-state index is -2.29. The fraction of sp³-hybridized carbons (Fsp3) is 0.846. The van der Waals surface area contributed by atoms with E-state index in [1.807, 2.05) is 6.08 Å². The van der Waals surface area contributed by atoms with Crippen LogP contribution < -0.4 is 0 Å². The summed E-state index contributed by atoms with van der Waals surface area (Å²) in [6.45, 7) is 8.07. The molecule has 0 N–H and O–H groups in total. The zero-order valence-corrected chi connectivity index (χ0v) is 11.6. The van der Waals surface area contributed by atoms with Gasteiger partial charge < -0.3 is 0 Å². The molecule has 0 aromatic carbocycles. The van der Waals surface area contributed by atoms with E-state index in [0.717, 1.165) is 19.5 Å². The molecule has 3 saturated heterocycles. The largest absolute Gasteiger partial charge is 0.288 e. The molecule has 3 rings (SSSR count). The summed E-state index contributed by atoms with van der Waals surface area (Å²) in [6, 6.07) is 1.19. The Hall–Kier alpha value is -0.110. The fourth-order valence-electron chi connectivity index (χ4n) is 4.08. The number of rotatable bonds is 3. The van der Waals surface area contributed by atoms with Crippen LogP contribution in [-0.2, 0) is 4.57 Å². The van der Waals surface area contributed by atoms with E-state index in [2.05, 4.69) is 22.8 Å². The molecule has 3 nitrogen and oxygen atoms in total. The lowest BCUT2D eigenvalue weighted by atomic mass is 10.1. The predicted molar refractivity (Wildman–Crippen MR) is 71.3 cm³/mol. The quantitative estimate of drug-likeness (QED) is 0.571. The van der Waals surface area contributed by atoms with Gasteiger partial charge in [-0.25, -0.2) is 9.34 Å². The maximum Gasteiger partial charge on any atom is 0.220 e. The molecule has 3 fully saturated rings. The van der Waals surface area contributed by atoms with Crippen molar-refractivity contribution in [1.29, 1.82) is 0 Å². The SMILES string of the molecule is C=CCC(C)P1(=O)N2CCC[C@H]2[C@@H]2CCCN21. The molecule has 0 aromatic rings. The molecule has 1 unspecified atom stereocenters. The lowest BCUT2D eigenvalue weighted by Crippen LogP contribution is -2.29. The van der Waals surface area contributed by atoms with E-state index in [0.29, 0.717) is 12.1 Å². The van der Waals surface area contributed by atoms with Gasteiger partial charge in [0.15, 0.2) is 0 Å². The van der Waals surface area contributed by atoms with Crippen LogP contribution in [0.25, 0.3) is 0 Å². The van der Waals surface area contributed by atoms with Gasteiger partial charge in [-0.3, -0.25) is 4.57 Å². The average Bonchev–Trinajstić information content (AvgIpc) is 2.98. The first kappa shape index (κ1) is 12.0. The summed E-state index contributed by atoms with van der Waals surface area (Å²) in [5.41, 5.74) is 0.253. The zero-order valence-electron chi connectivity index (χ0n) is 10.7. The first-order chi connectivity index (χ1) is 8.19. The molecule has 0 amide bonds. The third-order valence-corrected chi connectivity index (χ3v) is 8.63. The van der Waals surface area contributed by atoms with E-state index in [-0.39, 0.29) is 5.66 Å². The van der Waals surface area contributed by atoms with Gasteiger partial charge in [0.1, 0.15) is 0 Å². The summed E-state index contributed by atoms with van der Waals surface area (Å²) in [4.78, 5) is 0. The molecule has 0 saturated carbocycles. The number of allylic oxidation sites excluding steroid dienone is 1. The van der Waals surface area contributed by atoms with E-state index in [1.54, 1.807) is 0 Å². The molecule has 4 heteroatoms. The third kappa shape index (κ3) is 1.52. The number of hydrogen-bond donors (Lipinski definition) is 0. The summed E-state index contributed by atoms with van der Waals surface area (Å²) in [7, 11) is -2.29. The van der Waals surface area contributed by atoms with Crippen molar-refractivity contribution in [3.8, 4) is 0 Å². The molecule has 0 aliphatic carbocycles. The van der Waals surface area contributed by atoms with Gasteiger partial charge in [0.05, 0.1) is 0 Å². The lowest BCUT2D eigenvalue weighted by molar-refractivity contribution is 0.341. The first-order valence-corrected chi connectivity index (χ1v) is 8.62. The smallest absolute Gasteiger partial charge is 0.220 e. The Labute approximate surface area is 104 Å². The van der Waals surface area contributed by atoms with Crippen molar-refractivity contribution in [3.63, 3.8) is 0 Å². The van der Waals surface area contributed by atoms with Crippen LogP contribution in [0.15, 0.2) is 12.7 Å². The van der Waals surface area contributed by atoms with Gasteiger partial charge in [0.25, 0.3) is 0 Å². The highest BCUT2D eigenvalue weighted by Gasteiger charge is 2.58. The third-order valence-electron chi connectivity index (χ3n) is 4.80. The summed E-state index contributed by atoms with van der Waals surface area (Å²) in [5, 5.41) is 0. The maximum atomic E-state index is 13.5. The van der Waals surface area contributed by atoms with Gasteiger partial charge in [-0.2, -0.15) is 0 Å². The van der Waals surface area contributed by atoms with Crippen molar-refractivity contribution in [2.45, 2.75) is 56.8 Å². The molecule has 3 atom stereocenters. The summed E-state index contributed by atoms with van der Waals surface area (Å²) < 4.78 is 18.3. The molecular formula is C13H23N2OP. The zero-order chi connectivity index (χ0) is 12.0. The Morgan fingerprint density at radius 2 is 1.82 bits per heavy atom. The van der Waals surface area contributed by atoms with E-state index < -0.39 is 7.44 Å². The Kier molecular flexibility index (Phi) is 2.97. The van der Waals surface area contributed by atoms with Gasteiger partial charge >= 0.3 is 0 Å². The van der Waals surface area contributed by atoms with Crippen molar-refractivity contribution in [2.75, 3.05) is 13.1 Å². The first-order valence-electron chi connectivity index (χ1n) is 6.94. The van der Waals surface area contributed by atoms with Gasteiger partial charge in [0, 0.05) is 30.8 Å². The summed E-state index contributed by atoms with van der Waals surface area (Å²) >= 11 is 0. The van der Waals surface area contributed by atoms with Gasteiger partial charge in [-0.15, -0.1) is 6.58 Å². The van der Waals surface area contributed by atoms with Crippen molar-refractivity contribution < 1.29 is 4.57 Å². The molecule has 0 bridgehead atoms. The molecular weight excluding hydrogens is 231 g/mol. The molecule has 0 spiro atoms. The van der Waals surface area contributed by atoms with Crippen LogP contribution >= 0.6 is 7.44 Å². The highest BCUT2D eigenvalue weighted by atomic mass is 31.2. The predicted octanol–water partition coefficient (Wildman–Crippen LogP) is 3.09. The normalized spacial score (nSPS) is 37.9. The average molecular weight is 254 g/mol. The Morgan fingerprint density at radius 1 is 1.29 bits per heavy atom. The van der Waals surface area contributed by atoms with Crippen LogP contribution in [0.4, 0.5) is 0 Å². The molecule has 3 heterocycles. The summed E-state index contributed by atoms with van der Waals surface area (Å²) in [6.07, 6.45) is 7.79. The fourth-order valence-corrected chi connectivity index (χ4v) is 8.06. The maximum absolute atomic E-state index is 13.5. The van der Waals surface area contributed by atoms with Gasteiger partial charge in [-0.1, -0.05) is 13.0 Å². The van der Waals surface area contributed by atoms with Crippen LogP contribution in [0, 0.1) is 0 Å². The van der Waals surface area contributed by atoms with Crippen molar-refractivity contribution in [3.05, 3.63) is 12.7 Å². The van der Waals surface area contributed by atoms with E-state index in [1.165, 1.54) is 25.7 Å². The van der Waals surface area contributed by atoms with Crippen LogP contribution in [0.3, 0.4) is 0 Å². The lowest BCUT2D eigenvalue weighted by Gasteiger charge is -2.33. The highest BCUT2D eigenvalue weighted by Crippen LogP contribution is 2.69. The second-order valence-corrected chi connectivity index (χ2v) is 8.80. The minimum Gasteiger partial charge on any atom is -0.288 e. The van der Waals surface area contributed by atoms with Crippen LogP contribution in [0.5, 0.6) is 0 Å². The second-order valence-electron chi connectivity index (χ2n) is 5.71. The molecule has 96 valence electrons. The van der Waals surface area contributed by atoms with Crippen molar-refractivity contribution in [2.24, 2.45) is 0 Å². The molecule has 0 aromatic heterocycles. The van der Waals surface area contributed by atoms with Crippen molar-refractivity contribution in [1.82, 2.24) is 9.34 Å². The Balaban J connectivity index is 1.96. The van der Waals surface area contributed by atoms with E-state index in [4.69, 9.17) is 0 Å². The highest BCUT2D eigenvalue weighted by molar-refractivity contribution is 7.60. The Morgan fingerprint density at radius 3 is 2.29 bits per heavy atom. The molecule has 3 aliphatic heterocycles. The van der Waals surface area contributed by atoms with E-state index >= 15 is 0 Å². The van der Waals surface area contributed by atoms with Crippen LogP contribution in [0.1, 0.15) is 39.0 Å². The molecule has 0 radical (unpaired) electrons. The van der Waals surface area contributed by atoms with Gasteiger partial charge in [0.2, 0.25) is 7.44 Å². The van der Waals surface area contributed by atoms with Crippen LogP contribution in [-0.4, -0.2) is 40.2 Å². The van der Waals surface area contributed by atoms with Gasteiger partial charge in [-0.05, 0) is 32.1 Å². The topological polar surface area (TPSA) is 23.6 Å². The molecule has 3 aliphatic rings. The summed E-state index contributed by atoms with van der Waals surface area (Å²) in [5.74, 6) is 0. The number of fused-ring (bicyclic) bond motifs is 3. The minimum absolute atomic E-state index is 0.253. The van der Waals surface area contributed by atoms with Crippen molar-refractivity contribution >= 4 is 7.44 Å². The van der Waals surface area contributed by atoms with E-state index in [9.17, 15) is 4.57 Å². The Bertz CT molecular complexity index is 346. The molecule has 17 heavy (non-hydrogen) atoms. The monoisotopic (exact) mass is 254 g/mol. The second kappa shape index (κ2) is 4.22. The number of nitrogens with zero attached hydrogens (tertiary/aromatic N) is 2. The number of hydrogen-bond acceptors (Lipinski definition) is 1.